The number of halogens is 1. The number of phenols is 1. The summed E-state index contributed by atoms with van der Waals surface area (Å²) in [6, 6.07) is 6.76. The van der Waals surface area contributed by atoms with Crippen LogP contribution < -0.4 is 0 Å². The molecule has 0 bridgehead atoms. The highest BCUT2D eigenvalue weighted by atomic mass is 35.5. The predicted molar refractivity (Wildman–Crippen MR) is 52.1 cm³/mol. The lowest BCUT2D eigenvalue weighted by molar-refractivity contribution is -0.116. The molecule has 0 aliphatic heterocycles. The Hall–Kier alpha value is -1.02. The van der Waals surface area contributed by atoms with Crippen molar-refractivity contribution in [1.29, 1.82) is 0 Å². The number of carbonyl (C=O) groups excluding carboxylic acids is 1. The van der Waals surface area contributed by atoms with Gasteiger partial charge in [0.25, 0.3) is 0 Å². The number of carbonyl (C=O) groups is 1. The van der Waals surface area contributed by atoms with Crippen LogP contribution in [0.2, 0.25) is 0 Å². The van der Waals surface area contributed by atoms with Crippen molar-refractivity contribution in [3.05, 3.63) is 29.8 Å². The Morgan fingerprint density at radius 3 is 2.85 bits per heavy atom. The molecular weight excluding hydrogens is 188 g/mol. The first-order valence-corrected chi connectivity index (χ1v) is 4.45. The highest BCUT2D eigenvalue weighted by molar-refractivity contribution is 6.30. The van der Waals surface area contributed by atoms with Crippen LogP contribution in [0.3, 0.4) is 0 Å². The Labute approximate surface area is 82.2 Å². The summed E-state index contributed by atoms with van der Waals surface area (Å²) >= 11 is 5.77. The molecule has 0 heterocycles. The topological polar surface area (TPSA) is 37.3 Å². The molecule has 0 saturated heterocycles. The lowest BCUT2D eigenvalue weighted by Crippen LogP contribution is -2.13. The number of benzene rings is 1. The van der Waals surface area contributed by atoms with Gasteiger partial charge in [-0.05, 0) is 31.0 Å². The van der Waals surface area contributed by atoms with Gasteiger partial charge in [0.05, 0.1) is 5.38 Å². The Balaban J connectivity index is 2.69. The fraction of sp³-hybridized carbons (Fsp3) is 0.300. The Bertz CT molecular complexity index is 310. The summed E-state index contributed by atoms with van der Waals surface area (Å²) in [6.45, 7) is 1.46. The number of Topliss-reactive ketones (excluding diaryl/α,β-unsaturated/α-hetero) is 1. The largest absolute Gasteiger partial charge is 0.508 e. The molecule has 0 fully saturated rings. The first-order chi connectivity index (χ1) is 6.09. The molecule has 1 rings (SSSR count). The second kappa shape index (κ2) is 4.28. The van der Waals surface area contributed by atoms with Crippen LogP contribution >= 0.6 is 11.6 Å². The van der Waals surface area contributed by atoms with Crippen molar-refractivity contribution in [3.8, 4) is 5.75 Å². The van der Waals surface area contributed by atoms with Crippen LogP contribution in [0, 0.1) is 0 Å². The number of rotatable bonds is 3. The molecule has 1 N–H and O–H groups in total. The Morgan fingerprint density at radius 2 is 2.31 bits per heavy atom. The van der Waals surface area contributed by atoms with Crippen molar-refractivity contribution < 1.29 is 9.90 Å². The molecule has 0 aliphatic carbocycles. The van der Waals surface area contributed by atoms with Gasteiger partial charge in [0, 0.05) is 0 Å². The van der Waals surface area contributed by atoms with E-state index < -0.39 is 5.38 Å². The second-order valence-electron chi connectivity index (χ2n) is 2.95. The zero-order valence-corrected chi connectivity index (χ0v) is 8.08. The van der Waals surface area contributed by atoms with Gasteiger partial charge < -0.3 is 5.11 Å². The molecule has 1 unspecified atom stereocenters. The average Bonchev–Trinajstić information content (AvgIpc) is 2.04. The molecule has 0 saturated carbocycles. The van der Waals surface area contributed by atoms with E-state index in [-0.39, 0.29) is 11.5 Å². The number of alkyl halides is 1. The van der Waals surface area contributed by atoms with Crippen molar-refractivity contribution in [2.24, 2.45) is 0 Å². The van der Waals surface area contributed by atoms with Crippen LogP contribution in [0.4, 0.5) is 0 Å². The Morgan fingerprint density at radius 1 is 1.62 bits per heavy atom. The van der Waals surface area contributed by atoms with E-state index in [1.165, 1.54) is 6.92 Å². The first-order valence-electron chi connectivity index (χ1n) is 4.02. The smallest absolute Gasteiger partial charge is 0.147 e. The van der Waals surface area contributed by atoms with Crippen molar-refractivity contribution in [3.63, 3.8) is 0 Å². The van der Waals surface area contributed by atoms with E-state index in [2.05, 4.69) is 0 Å². The van der Waals surface area contributed by atoms with Gasteiger partial charge >= 0.3 is 0 Å². The number of aromatic hydroxyl groups is 1. The van der Waals surface area contributed by atoms with Crippen molar-refractivity contribution in [2.45, 2.75) is 18.7 Å². The summed E-state index contributed by atoms with van der Waals surface area (Å²) < 4.78 is 0. The summed E-state index contributed by atoms with van der Waals surface area (Å²) in [6.07, 6.45) is 0.464. The maximum atomic E-state index is 10.8. The molecule has 13 heavy (non-hydrogen) atoms. The number of phenolic OH excluding ortho intramolecular Hbond substituents is 1. The quantitative estimate of drug-likeness (QED) is 0.756. The zero-order valence-electron chi connectivity index (χ0n) is 7.33. The van der Waals surface area contributed by atoms with Crippen LogP contribution in [0.25, 0.3) is 0 Å². The Kier molecular flexibility index (Phi) is 3.32. The van der Waals surface area contributed by atoms with E-state index in [1.54, 1.807) is 18.2 Å². The first kappa shape index (κ1) is 10.1. The number of ketones is 1. The van der Waals surface area contributed by atoms with Gasteiger partial charge in [-0.15, -0.1) is 11.6 Å². The zero-order chi connectivity index (χ0) is 9.84. The van der Waals surface area contributed by atoms with E-state index in [9.17, 15) is 4.79 Å². The maximum Gasteiger partial charge on any atom is 0.147 e. The van der Waals surface area contributed by atoms with E-state index in [1.807, 2.05) is 6.07 Å². The minimum absolute atomic E-state index is 0.0509. The van der Waals surface area contributed by atoms with Gasteiger partial charge in [0.15, 0.2) is 0 Å². The van der Waals surface area contributed by atoms with Gasteiger partial charge in [0.2, 0.25) is 0 Å². The van der Waals surface area contributed by atoms with Crippen LogP contribution in [-0.2, 0) is 11.2 Å². The summed E-state index contributed by atoms with van der Waals surface area (Å²) in [5, 5.41) is 8.64. The fourth-order valence-corrected chi connectivity index (χ4v) is 1.21. The van der Waals surface area contributed by atoms with Crippen molar-refractivity contribution >= 4 is 17.4 Å². The van der Waals surface area contributed by atoms with E-state index in [0.29, 0.717) is 6.42 Å². The molecule has 0 aromatic heterocycles. The molecular formula is C10H11ClO2. The van der Waals surface area contributed by atoms with E-state index in [0.717, 1.165) is 5.56 Å². The lowest BCUT2D eigenvalue weighted by atomic mass is 10.1. The van der Waals surface area contributed by atoms with E-state index in [4.69, 9.17) is 16.7 Å². The lowest BCUT2D eigenvalue weighted by Gasteiger charge is -2.05. The molecule has 1 atom stereocenters. The normalized spacial score (nSPS) is 12.5. The minimum atomic E-state index is -0.498. The molecule has 1 aromatic carbocycles. The molecule has 0 amide bonds. The third-order valence-corrected chi connectivity index (χ3v) is 2.23. The molecule has 0 aliphatic rings. The predicted octanol–water partition coefficient (Wildman–Crippen LogP) is 2.13. The van der Waals surface area contributed by atoms with E-state index >= 15 is 0 Å². The second-order valence-corrected chi connectivity index (χ2v) is 3.48. The minimum Gasteiger partial charge on any atom is -0.508 e. The molecule has 2 nitrogen and oxygen atoms in total. The van der Waals surface area contributed by atoms with Crippen LogP contribution in [-0.4, -0.2) is 16.3 Å². The van der Waals surface area contributed by atoms with Crippen LogP contribution in [0.15, 0.2) is 24.3 Å². The fourth-order valence-electron chi connectivity index (χ4n) is 1.03. The average molecular weight is 199 g/mol. The number of hydrogen-bond acceptors (Lipinski definition) is 2. The molecule has 0 spiro atoms. The van der Waals surface area contributed by atoms with Crippen molar-refractivity contribution in [1.82, 2.24) is 0 Å². The SMILES string of the molecule is CC(=O)C(Cl)Cc1cccc(O)c1. The van der Waals surface area contributed by atoms with Gasteiger partial charge in [0.1, 0.15) is 11.5 Å². The highest BCUT2D eigenvalue weighted by Gasteiger charge is 2.10. The summed E-state index contributed by atoms with van der Waals surface area (Å²) in [5.41, 5.74) is 0.871. The summed E-state index contributed by atoms with van der Waals surface area (Å²) in [7, 11) is 0. The number of hydrogen-bond donors (Lipinski definition) is 1. The van der Waals surface area contributed by atoms with Gasteiger partial charge in [-0.3, -0.25) is 4.79 Å². The third kappa shape index (κ3) is 3.07. The highest BCUT2D eigenvalue weighted by Crippen LogP contribution is 2.14. The molecule has 0 radical (unpaired) electrons. The maximum absolute atomic E-state index is 10.8. The van der Waals surface area contributed by atoms with Gasteiger partial charge in [-0.25, -0.2) is 0 Å². The van der Waals surface area contributed by atoms with Gasteiger partial charge in [-0.2, -0.15) is 0 Å². The molecule has 1 aromatic rings. The van der Waals surface area contributed by atoms with Crippen molar-refractivity contribution in [2.75, 3.05) is 0 Å². The third-order valence-electron chi connectivity index (χ3n) is 1.77. The molecule has 3 heteroatoms. The van der Waals surface area contributed by atoms with Crippen LogP contribution in [0.5, 0.6) is 5.75 Å². The monoisotopic (exact) mass is 198 g/mol. The van der Waals surface area contributed by atoms with Gasteiger partial charge in [-0.1, -0.05) is 12.1 Å². The van der Waals surface area contributed by atoms with Crippen LogP contribution in [0.1, 0.15) is 12.5 Å². The summed E-state index contributed by atoms with van der Waals surface area (Å²) in [5.74, 6) is 0.148. The summed E-state index contributed by atoms with van der Waals surface area (Å²) in [4.78, 5) is 10.8. The molecule has 70 valence electrons. The standard InChI is InChI=1S/C10H11ClO2/c1-7(12)10(11)6-8-3-2-4-9(13)5-8/h2-5,10,13H,6H2,1H3.